The number of anilines is 2. The van der Waals surface area contributed by atoms with Crippen molar-refractivity contribution >= 4 is 46.0 Å². The molecule has 0 saturated carbocycles. The topological polar surface area (TPSA) is 40.1 Å². The molecule has 1 N–H and O–H groups in total. The van der Waals surface area contributed by atoms with Gasteiger partial charge in [-0.2, -0.15) is 0 Å². The second-order valence-corrected chi connectivity index (χ2v) is 10.0. The van der Waals surface area contributed by atoms with Gasteiger partial charge in [-0.25, -0.2) is 9.38 Å². The maximum atomic E-state index is 13.9. The van der Waals surface area contributed by atoms with Gasteiger partial charge in [-0.1, -0.05) is 12.1 Å². The fourth-order valence-corrected chi connectivity index (χ4v) is 5.51. The van der Waals surface area contributed by atoms with Crippen LogP contribution in [-0.2, 0) is 6.42 Å². The highest BCUT2D eigenvalue weighted by atomic mass is 35.5. The molecule has 0 bridgehead atoms. The van der Waals surface area contributed by atoms with Gasteiger partial charge >= 0.3 is 0 Å². The number of amidine groups is 1. The molecule has 0 aliphatic carbocycles. The van der Waals surface area contributed by atoms with Crippen LogP contribution in [0.2, 0.25) is 0 Å². The zero-order chi connectivity index (χ0) is 22.9. The Bertz CT molecular complexity index is 1180. The molecular weight excluding hydrogens is 471 g/mol. The number of thiophene rings is 1. The quantitative estimate of drug-likeness (QED) is 0.476. The number of nitrogens with one attached hydrogen (secondary N) is 1. The third-order valence-electron chi connectivity index (χ3n) is 6.53. The average molecular weight is 501 g/mol. The highest BCUT2D eigenvalue weighted by Gasteiger charge is 2.30. The number of aliphatic imine (C=N–C) groups is 1. The minimum absolute atomic E-state index is 0. The van der Waals surface area contributed by atoms with Gasteiger partial charge in [-0.15, -0.1) is 23.7 Å². The van der Waals surface area contributed by atoms with Crippen LogP contribution < -0.4 is 10.1 Å². The van der Waals surface area contributed by atoms with Gasteiger partial charge in [0.1, 0.15) is 22.4 Å². The van der Waals surface area contributed by atoms with E-state index in [1.165, 1.54) is 22.6 Å². The van der Waals surface area contributed by atoms with Crippen molar-refractivity contribution in [2.45, 2.75) is 25.8 Å². The van der Waals surface area contributed by atoms with Gasteiger partial charge in [0, 0.05) is 30.6 Å². The molecule has 8 heteroatoms. The smallest absolute Gasteiger partial charge is 0.139 e. The standard InChI is InChI=1S/C26H29FN4OS.ClH/c1-17-14-22-25(28-23-11-7-19(27)15-24(23)29-26(22)33-17)31-13-12-30(2)20(16-31)8-4-18-5-9-21(32-3)10-6-18;/h5-7,9-11,14-15,20,29H,4,8,12-13,16H2,1-3H3;1H. The summed E-state index contributed by atoms with van der Waals surface area (Å²) in [6.07, 6.45) is 2.09. The molecule has 1 unspecified atom stereocenters. The Hall–Kier alpha value is -2.61. The molecule has 1 aromatic heterocycles. The summed E-state index contributed by atoms with van der Waals surface area (Å²) in [5.74, 6) is 1.62. The Kier molecular flexibility index (Phi) is 7.45. The number of methoxy groups -OCH3 is 1. The van der Waals surface area contributed by atoms with Crippen LogP contribution >= 0.6 is 23.7 Å². The molecule has 5 rings (SSSR count). The van der Waals surface area contributed by atoms with E-state index >= 15 is 0 Å². The van der Waals surface area contributed by atoms with Crippen LogP contribution in [0.1, 0.15) is 22.4 Å². The van der Waals surface area contributed by atoms with E-state index in [1.807, 2.05) is 12.1 Å². The number of ether oxygens (including phenoxy) is 1. The van der Waals surface area contributed by atoms with Crippen molar-refractivity contribution in [1.82, 2.24) is 9.80 Å². The van der Waals surface area contributed by atoms with Gasteiger partial charge in [-0.3, -0.25) is 4.90 Å². The maximum absolute atomic E-state index is 13.9. The van der Waals surface area contributed by atoms with Crippen LogP contribution in [0.5, 0.6) is 5.75 Å². The third kappa shape index (κ3) is 5.06. The van der Waals surface area contributed by atoms with Gasteiger partial charge in [0.15, 0.2) is 0 Å². The van der Waals surface area contributed by atoms with E-state index in [2.05, 4.69) is 47.3 Å². The summed E-state index contributed by atoms with van der Waals surface area (Å²) in [6.45, 7) is 4.91. The van der Waals surface area contributed by atoms with E-state index in [1.54, 1.807) is 24.5 Å². The first-order chi connectivity index (χ1) is 16.0. The van der Waals surface area contributed by atoms with Crippen molar-refractivity contribution in [1.29, 1.82) is 0 Å². The summed E-state index contributed by atoms with van der Waals surface area (Å²) < 4.78 is 19.2. The molecule has 0 spiro atoms. The number of hydrogen-bond acceptors (Lipinski definition) is 6. The molecule has 5 nitrogen and oxygen atoms in total. The zero-order valence-electron chi connectivity index (χ0n) is 19.7. The highest BCUT2D eigenvalue weighted by Crippen LogP contribution is 2.39. The van der Waals surface area contributed by atoms with E-state index in [9.17, 15) is 4.39 Å². The Morgan fingerprint density at radius 3 is 2.71 bits per heavy atom. The SMILES string of the molecule is COc1ccc(CCC2CN(C3=Nc4ccc(F)cc4Nc4sc(C)cc43)CCN2C)cc1.Cl. The van der Waals surface area contributed by atoms with E-state index in [0.29, 0.717) is 6.04 Å². The molecule has 1 atom stereocenters. The first-order valence-corrected chi connectivity index (χ1v) is 12.2. The van der Waals surface area contributed by atoms with E-state index < -0.39 is 0 Å². The maximum Gasteiger partial charge on any atom is 0.139 e. The first-order valence-electron chi connectivity index (χ1n) is 11.3. The first kappa shape index (κ1) is 24.5. The summed E-state index contributed by atoms with van der Waals surface area (Å²) in [7, 11) is 3.91. The Labute approximate surface area is 210 Å². The highest BCUT2D eigenvalue weighted by molar-refractivity contribution is 7.16. The molecule has 3 aromatic rings. The van der Waals surface area contributed by atoms with Gasteiger partial charge in [0.2, 0.25) is 0 Å². The van der Waals surface area contributed by atoms with Gasteiger partial charge in [-0.05, 0) is 68.8 Å². The summed E-state index contributed by atoms with van der Waals surface area (Å²) in [5, 5.41) is 4.46. The van der Waals surface area contributed by atoms with Gasteiger partial charge in [0.05, 0.1) is 24.0 Å². The Morgan fingerprint density at radius 1 is 1.15 bits per heavy atom. The van der Waals surface area contributed by atoms with E-state index in [0.717, 1.165) is 66.0 Å². The normalized spacial score (nSPS) is 17.6. The summed E-state index contributed by atoms with van der Waals surface area (Å²) in [4.78, 5) is 11.1. The molecule has 2 aromatic carbocycles. The average Bonchev–Trinajstić information content (AvgIpc) is 3.11. The third-order valence-corrected chi connectivity index (χ3v) is 7.50. The molecular formula is C26H30ClFN4OS. The number of hydrogen-bond donors (Lipinski definition) is 1. The number of aryl methyl sites for hydroxylation is 2. The van der Waals surface area contributed by atoms with Crippen LogP contribution in [0.3, 0.4) is 0 Å². The fourth-order valence-electron chi connectivity index (χ4n) is 4.59. The zero-order valence-corrected chi connectivity index (χ0v) is 21.3. The number of halogens is 2. The Balaban J connectivity index is 0.00000274. The Morgan fingerprint density at radius 2 is 1.94 bits per heavy atom. The van der Waals surface area contributed by atoms with E-state index in [4.69, 9.17) is 9.73 Å². The lowest BCUT2D eigenvalue weighted by Crippen LogP contribution is -2.53. The molecule has 1 fully saturated rings. The number of fused-ring (bicyclic) bond motifs is 2. The lowest BCUT2D eigenvalue weighted by molar-refractivity contribution is 0.134. The molecule has 0 radical (unpaired) electrons. The van der Waals surface area contributed by atoms with Crippen LogP contribution in [0, 0.1) is 12.7 Å². The molecule has 2 aliphatic heterocycles. The van der Waals surface area contributed by atoms with E-state index in [-0.39, 0.29) is 18.2 Å². The second-order valence-electron chi connectivity index (χ2n) is 8.79. The largest absolute Gasteiger partial charge is 0.497 e. The van der Waals surface area contributed by atoms with Crippen LogP contribution in [0.15, 0.2) is 53.5 Å². The number of rotatable bonds is 4. The lowest BCUT2D eigenvalue weighted by Gasteiger charge is -2.41. The number of benzene rings is 2. The van der Waals surface area contributed by atoms with Crippen molar-refractivity contribution in [2.24, 2.45) is 4.99 Å². The summed E-state index contributed by atoms with van der Waals surface area (Å²) >= 11 is 1.69. The number of nitrogens with zero attached hydrogens (tertiary/aromatic N) is 3. The molecule has 0 amide bonds. The molecule has 180 valence electrons. The molecule has 1 saturated heterocycles. The second kappa shape index (κ2) is 10.3. The number of piperazine rings is 1. The number of likely N-dealkylation sites (N-methyl/N-ethyl adjacent to an activating group) is 1. The predicted molar refractivity (Wildman–Crippen MR) is 141 cm³/mol. The summed E-state index contributed by atoms with van der Waals surface area (Å²) in [5.41, 5.74) is 3.93. The predicted octanol–water partition coefficient (Wildman–Crippen LogP) is 6.01. The van der Waals surface area contributed by atoms with Crippen molar-refractivity contribution < 1.29 is 9.13 Å². The minimum atomic E-state index is -0.257. The van der Waals surface area contributed by atoms with Crippen LogP contribution in [0.4, 0.5) is 20.8 Å². The van der Waals surface area contributed by atoms with Crippen molar-refractivity contribution in [3.8, 4) is 5.75 Å². The van der Waals surface area contributed by atoms with Gasteiger partial charge in [0.25, 0.3) is 0 Å². The molecule has 34 heavy (non-hydrogen) atoms. The van der Waals surface area contributed by atoms with Crippen molar-refractivity contribution in [2.75, 3.05) is 39.1 Å². The summed E-state index contributed by atoms with van der Waals surface area (Å²) in [6, 6.07) is 15.7. The monoisotopic (exact) mass is 500 g/mol. The van der Waals surface area contributed by atoms with Crippen LogP contribution in [-0.4, -0.2) is 55.5 Å². The lowest BCUT2D eigenvalue weighted by atomic mass is 10.0. The van der Waals surface area contributed by atoms with Crippen LogP contribution in [0.25, 0.3) is 0 Å². The molecule has 3 heterocycles. The van der Waals surface area contributed by atoms with Crippen molar-refractivity contribution in [3.63, 3.8) is 0 Å². The van der Waals surface area contributed by atoms with Gasteiger partial charge < -0.3 is 15.0 Å². The fraction of sp³-hybridized carbons (Fsp3) is 0.346. The minimum Gasteiger partial charge on any atom is -0.497 e. The molecule has 2 aliphatic rings. The van der Waals surface area contributed by atoms with Crippen molar-refractivity contribution in [3.05, 3.63) is 70.4 Å².